The molecule has 1 aliphatic carbocycles. The predicted molar refractivity (Wildman–Crippen MR) is 124 cm³/mol. The lowest BCUT2D eigenvalue weighted by molar-refractivity contribution is -0.143. The molecular formula is C24H26ClN5O3. The first-order valence-corrected chi connectivity index (χ1v) is 11.6. The van der Waals surface area contributed by atoms with E-state index in [0.29, 0.717) is 66.2 Å². The van der Waals surface area contributed by atoms with E-state index in [0.717, 1.165) is 5.56 Å². The molecular weight excluding hydrogens is 442 g/mol. The van der Waals surface area contributed by atoms with Crippen LogP contribution in [0.5, 0.6) is 0 Å². The molecule has 9 heteroatoms. The second kappa shape index (κ2) is 8.67. The molecule has 0 radical (unpaired) electrons. The van der Waals surface area contributed by atoms with Crippen molar-refractivity contribution in [2.24, 2.45) is 17.8 Å². The molecule has 0 bridgehead atoms. The van der Waals surface area contributed by atoms with Gasteiger partial charge in [0.25, 0.3) is 5.91 Å². The minimum atomic E-state index is -0.150. The summed E-state index contributed by atoms with van der Waals surface area (Å²) < 4.78 is 6.68. The highest BCUT2D eigenvalue weighted by Gasteiger charge is 2.57. The summed E-state index contributed by atoms with van der Waals surface area (Å²) in [6.07, 6.45) is 0.441. The summed E-state index contributed by atoms with van der Waals surface area (Å²) in [4.78, 5) is 31.0. The fraction of sp³-hybridized carbons (Fsp3) is 0.417. The van der Waals surface area contributed by atoms with E-state index >= 15 is 0 Å². The third-order valence-corrected chi connectivity index (χ3v) is 6.84. The molecule has 1 amide bonds. The van der Waals surface area contributed by atoms with Gasteiger partial charge in [0.2, 0.25) is 0 Å². The maximum atomic E-state index is 13.1. The summed E-state index contributed by atoms with van der Waals surface area (Å²) in [6.45, 7) is 5.55. The lowest BCUT2D eigenvalue weighted by atomic mass is 10.1. The van der Waals surface area contributed by atoms with Crippen LogP contribution < -0.4 is 5.32 Å². The molecule has 3 aromatic rings. The second-order valence-electron chi connectivity index (χ2n) is 8.75. The number of ether oxygens (including phenoxy) is 1. The number of carbonyl (C=O) groups is 2. The molecule has 5 rings (SSSR count). The van der Waals surface area contributed by atoms with Crippen molar-refractivity contribution in [1.29, 1.82) is 0 Å². The highest BCUT2D eigenvalue weighted by Crippen LogP contribution is 2.53. The van der Waals surface area contributed by atoms with E-state index < -0.39 is 0 Å². The fourth-order valence-corrected chi connectivity index (χ4v) is 5.08. The van der Waals surface area contributed by atoms with Gasteiger partial charge in [0.05, 0.1) is 6.61 Å². The zero-order valence-corrected chi connectivity index (χ0v) is 19.3. The van der Waals surface area contributed by atoms with Crippen LogP contribution >= 0.6 is 11.6 Å². The topological polar surface area (TPSA) is 88.8 Å². The van der Waals surface area contributed by atoms with Crippen molar-refractivity contribution >= 4 is 34.9 Å². The van der Waals surface area contributed by atoms with E-state index in [-0.39, 0.29) is 17.9 Å². The molecule has 33 heavy (non-hydrogen) atoms. The summed E-state index contributed by atoms with van der Waals surface area (Å²) in [7, 11) is 0. The van der Waals surface area contributed by atoms with Crippen LogP contribution in [0.2, 0.25) is 5.15 Å². The number of hydrogen-bond acceptors (Lipinski definition) is 6. The number of nitrogens with one attached hydrogen (secondary N) is 1. The number of anilines is 1. The zero-order valence-electron chi connectivity index (χ0n) is 18.6. The van der Waals surface area contributed by atoms with Gasteiger partial charge < -0.3 is 15.0 Å². The SMILES string of the molecule is CCOC(=O)C[C@H]1C2CN(C(=O)c3cc4nc(Cl)cc(N[C@@H](C)c5ccccc5)n4n3)C[C@@H]21. The van der Waals surface area contributed by atoms with E-state index in [9.17, 15) is 9.59 Å². The molecule has 1 aliphatic heterocycles. The van der Waals surface area contributed by atoms with Crippen molar-refractivity contribution in [1.82, 2.24) is 19.5 Å². The molecule has 8 nitrogen and oxygen atoms in total. The summed E-state index contributed by atoms with van der Waals surface area (Å²) in [5.74, 6) is 1.45. The zero-order chi connectivity index (χ0) is 23.1. The Morgan fingerprint density at radius 2 is 1.94 bits per heavy atom. The molecule has 0 spiro atoms. The number of aromatic nitrogens is 3. The van der Waals surface area contributed by atoms with E-state index in [1.807, 2.05) is 49.1 Å². The summed E-state index contributed by atoms with van der Waals surface area (Å²) >= 11 is 6.25. The molecule has 4 atom stereocenters. The van der Waals surface area contributed by atoms with Crippen molar-refractivity contribution in [3.8, 4) is 0 Å². The van der Waals surface area contributed by atoms with Gasteiger partial charge in [0, 0.05) is 37.7 Å². The van der Waals surface area contributed by atoms with Crippen molar-refractivity contribution in [2.75, 3.05) is 25.0 Å². The van der Waals surface area contributed by atoms with Crippen LogP contribution in [0.25, 0.3) is 5.65 Å². The molecule has 1 aromatic carbocycles. The van der Waals surface area contributed by atoms with Gasteiger partial charge in [0.15, 0.2) is 11.3 Å². The van der Waals surface area contributed by atoms with Crippen LogP contribution in [0.4, 0.5) is 5.82 Å². The average Bonchev–Trinajstić information content (AvgIpc) is 3.15. The van der Waals surface area contributed by atoms with Crippen LogP contribution in [0.3, 0.4) is 0 Å². The van der Waals surface area contributed by atoms with Gasteiger partial charge in [-0.3, -0.25) is 9.59 Å². The van der Waals surface area contributed by atoms with Crippen LogP contribution in [0, 0.1) is 17.8 Å². The number of benzene rings is 1. The number of hydrogen-bond donors (Lipinski definition) is 1. The number of esters is 1. The second-order valence-corrected chi connectivity index (χ2v) is 9.14. The minimum absolute atomic E-state index is 0.0123. The Bertz CT molecular complexity index is 1190. The molecule has 1 saturated carbocycles. The van der Waals surface area contributed by atoms with Crippen LogP contribution in [0.15, 0.2) is 42.5 Å². The monoisotopic (exact) mass is 467 g/mol. The van der Waals surface area contributed by atoms with E-state index in [2.05, 4.69) is 15.4 Å². The summed E-state index contributed by atoms with van der Waals surface area (Å²) in [6, 6.07) is 13.4. The van der Waals surface area contributed by atoms with Crippen molar-refractivity contribution in [3.63, 3.8) is 0 Å². The fourth-order valence-electron chi connectivity index (χ4n) is 4.89. The number of nitrogens with zero attached hydrogens (tertiary/aromatic N) is 4. The number of halogens is 1. The molecule has 1 unspecified atom stereocenters. The first-order chi connectivity index (χ1) is 15.9. The van der Waals surface area contributed by atoms with Crippen LogP contribution in [-0.2, 0) is 9.53 Å². The third-order valence-electron chi connectivity index (χ3n) is 6.65. The Hall–Kier alpha value is -3.13. The largest absolute Gasteiger partial charge is 0.466 e. The normalized spacial score (nSPS) is 22.2. The predicted octanol–water partition coefficient (Wildman–Crippen LogP) is 3.83. The Balaban J connectivity index is 1.30. The molecule has 2 aromatic heterocycles. The van der Waals surface area contributed by atoms with Crippen LogP contribution in [-0.4, -0.2) is 51.1 Å². The van der Waals surface area contributed by atoms with Gasteiger partial charge in [-0.25, -0.2) is 4.98 Å². The molecule has 2 aliphatic rings. The van der Waals surface area contributed by atoms with Gasteiger partial charge in [-0.2, -0.15) is 9.61 Å². The highest BCUT2D eigenvalue weighted by atomic mass is 35.5. The summed E-state index contributed by atoms with van der Waals surface area (Å²) in [5.41, 5.74) is 1.97. The molecule has 3 heterocycles. The number of amides is 1. The standard InChI is InChI=1S/C24H26ClN5O3/c1-3-33-23(31)9-16-17-12-29(13-18(16)17)24(32)19-10-21-27-20(25)11-22(30(21)28-19)26-14(2)15-7-5-4-6-8-15/h4-8,10-11,14,16-18,26H,3,9,12-13H2,1-2H3/t14-,16-,17?,18+/m0/s1. The Labute approximate surface area is 196 Å². The smallest absolute Gasteiger partial charge is 0.306 e. The van der Waals surface area contributed by atoms with E-state index in [4.69, 9.17) is 16.3 Å². The molecule has 1 N–H and O–H groups in total. The van der Waals surface area contributed by atoms with E-state index in [1.165, 1.54) is 0 Å². The number of carbonyl (C=O) groups excluding carboxylic acids is 2. The minimum Gasteiger partial charge on any atom is -0.466 e. The average molecular weight is 468 g/mol. The lowest BCUT2D eigenvalue weighted by Gasteiger charge is -2.18. The molecule has 172 valence electrons. The Kier molecular flexibility index (Phi) is 5.70. The van der Waals surface area contributed by atoms with Crippen LogP contribution in [0.1, 0.15) is 42.4 Å². The van der Waals surface area contributed by atoms with Gasteiger partial charge in [-0.15, -0.1) is 0 Å². The van der Waals surface area contributed by atoms with Crippen molar-refractivity contribution < 1.29 is 14.3 Å². The third kappa shape index (κ3) is 4.27. The Morgan fingerprint density at radius 1 is 1.21 bits per heavy atom. The molecule has 1 saturated heterocycles. The maximum absolute atomic E-state index is 13.1. The number of likely N-dealkylation sites (tertiary alicyclic amines) is 1. The van der Waals surface area contributed by atoms with Gasteiger partial charge in [0.1, 0.15) is 11.0 Å². The summed E-state index contributed by atoms with van der Waals surface area (Å²) in [5, 5.41) is 8.29. The first-order valence-electron chi connectivity index (χ1n) is 11.3. The molecule has 2 fully saturated rings. The van der Waals surface area contributed by atoms with Crippen molar-refractivity contribution in [2.45, 2.75) is 26.3 Å². The Morgan fingerprint density at radius 3 is 2.64 bits per heavy atom. The maximum Gasteiger partial charge on any atom is 0.306 e. The van der Waals surface area contributed by atoms with Gasteiger partial charge >= 0.3 is 5.97 Å². The lowest BCUT2D eigenvalue weighted by Crippen LogP contribution is -2.32. The number of rotatable bonds is 7. The van der Waals surface area contributed by atoms with Gasteiger partial charge in [-0.1, -0.05) is 41.9 Å². The van der Waals surface area contributed by atoms with Gasteiger partial charge in [-0.05, 0) is 37.2 Å². The number of fused-ring (bicyclic) bond motifs is 2. The highest BCUT2D eigenvalue weighted by molar-refractivity contribution is 6.29. The van der Waals surface area contributed by atoms with E-state index in [1.54, 1.807) is 16.6 Å². The van der Waals surface area contributed by atoms with Crippen molar-refractivity contribution in [3.05, 3.63) is 58.9 Å². The quantitative estimate of drug-likeness (QED) is 0.419. The first kappa shape index (κ1) is 21.7. The number of piperidine rings is 1.